The third-order valence-corrected chi connectivity index (χ3v) is 5.46. The SMILES string of the molecule is COc1ccccc1C1CNCCN1C(=O)c1cc(Br)cs1.Cl. The molecule has 0 bridgehead atoms. The Bertz CT molecular complexity index is 680. The zero-order valence-electron chi connectivity index (χ0n) is 12.6. The molecule has 0 spiro atoms. The van der Waals surface area contributed by atoms with Crippen LogP contribution in [-0.2, 0) is 0 Å². The Kier molecular flexibility index (Phi) is 6.47. The molecule has 1 aromatic carbocycles. The zero-order chi connectivity index (χ0) is 15.5. The Hall–Kier alpha value is -1.08. The molecule has 1 aromatic heterocycles. The van der Waals surface area contributed by atoms with Gasteiger partial charge in [0.05, 0.1) is 18.0 Å². The second-order valence-electron chi connectivity index (χ2n) is 5.09. The van der Waals surface area contributed by atoms with E-state index in [1.807, 2.05) is 40.6 Å². The summed E-state index contributed by atoms with van der Waals surface area (Å²) in [7, 11) is 1.66. The van der Waals surface area contributed by atoms with Crippen molar-refractivity contribution in [3.8, 4) is 5.75 Å². The molecule has 0 aliphatic carbocycles. The fourth-order valence-electron chi connectivity index (χ4n) is 2.73. The molecule has 4 nitrogen and oxygen atoms in total. The fourth-order valence-corrected chi connectivity index (χ4v) is 4.12. The Morgan fingerprint density at radius 2 is 2.22 bits per heavy atom. The number of halogens is 2. The van der Waals surface area contributed by atoms with Crippen molar-refractivity contribution in [1.82, 2.24) is 10.2 Å². The maximum atomic E-state index is 12.8. The second kappa shape index (κ2) is 8.15. The van der Waals surface area contributed by atoms with Crippen LogP contribution in [0.3, 0.4) is 0 Å². The maximum Gasteiger partial charge on any atom is 0.264 e. The van der Waals surface area contributed by atoms with Gasteiger partial charge >= 0.3 is 0 Å². The van der Waals surface area contributed by atoms with Gasteiger partial charge in [0.1, 0.15) is 5.75 Å². The van der Waals surface area contributed by atoms with Crippen LogP contribution in [0.1, 0.15) is 21.3 Å². The minimum atomic E-state index is -0.0155. The van der Waals surface area contributed by atoms with E-state index in [0.717, 1.165) is 33.8 Å². The lowest BCUT2D eigenvalue weighted by atomic mass is 10.0. The molecule has 1 N–H and O–H groups in total. The number of amides is 1. The number of carbonyl (C=O) groups excluding carboxylic acids is 1. The van der Waals surface area contributed by atoms with Crippen molar-refractivity contribution in [2.75, 3.05) is 26.7 Å². The summed E-state index contributed by atoms with van der Waals surface area (Å²) < 4.78 is 6.41. The number of piperazine rings is 1. The van der Waals surface area contributed by atoms with Crippen LogP contribution < -0.4 is 10.1 Å². The highest BCUT2D eigenvalue weighted by Crippen LogP contribution is 2.32. The molecule has 7 heteroatoms. The summed E-state index contributed by atoms with van der Waals surface area (Å²) in [5.74, 6) is 0.898. The van der Waals surface area contributed by atoms with Crippen molar-refractivity contribution in [1.29, 1.82) is 0 Å². The minimum absolute atomic E-state index is 0. The first-order valence-electron chi connectivity index (χ1n) is 7.09. The van der Waals surface area contributed by atoms with Gasteiger partial charge in [-0.05, 0) is 28.1 Å². The molecule has 1 fully saturated rings. The first-order valence-corrected chi connectivity index (χ1v) is 8.76. The van der Waals surface area contributed by atoms with Crippen LogP contribution in [0.25, 0.3) is 0 Å². The molecule has 1 aliphatic heterocycles. The van der Waals surface area contributed by atoms with Gasteiger partial charge in [-0.3, -0.25) is 4.79 Å². The van der Waals surface area contributed by atoms with Crippen molar-refractivity contribution in [2.45, 2.75) is 6.04 Å². The van der Waals surface area contributed by atoms with Crippen molar-refractivity contribution >= 4 is 45.6 Å². The van der Waals surface area contributed by atoms with E-state index in [4.69, 9.17) is 4.74 Å². The van der Waals surface area contributed by atoms with Gasteiger partial charge in [-0.2, -0.15) is 0 Å². The fraction of sp³-hybridized carbons (Fsp3) is 0.312. The number of para-hydroxylation sites is 1. The Morgan fingerprint density at radius 1 is 1.43 bits per heavy atom. The highest BCUT2D eigenvalue weighted by molar-refractivity contribution is 9.10. The van der Waals surface area contributed by atoms with E-state index in [-0.39, 0.29) is 24.4 Å². The Morgan fingerprint density at radius 3 is 2.91 bits per heavy atom. The molecule has 3 rings (SSSR count). The predicted molar refractivity (Wildman–Crippen MR) is 98.9 cm³/mol. The van der Waals surface area contributed by atoms with Gasteiger partial charge in [0.2, 0.25) is 0 Å². The maximum absolute atomic E-state index is 12.8. The van der Waals surface area contributed by atoms with Crippen molar-refractivity contribution in [3.63, 3.8) is 0 Å². The number of carbonyl (C=O) groups is 1. The van der Waals surface area contributed by atoms with Crippen LogP contribution in [-0.4, -0.2) is 37.6 Å². The van der Waals surface area contributed by atoms with Crippen LogP contribution >= 0.6 is 39.7 Å². The number of ether oxygens (including phenoxy) is 1. The van der Waals surface area contributed by atoms with Gasteiger partial charge in [0.15, 0.2) is 0 Å². The molecule has 0 radical (unpaired) electrons. The number of nitrogens with one attached hydrogen (secondary N) is 1. The quantitative estimate of drug-likeness (QED) is 0.827. The Labute approximate surface area is 154 Å². The van der Waals surface area contributed by atoms with Gasteiger partial charge in [0.25, 0.3) is 5.91 Å². The number of benzene rings is 1. The topological polar surface area (TPSA) is 41.6 Å². The normalized spacial score (nSPS) is 17.5. The van der Waals surface area contributed by atoms with Gasteiger partial charge in [-0.25, -0.2) is 0 Å². The standard InChI is InChI=1S/C16H17BrN2O2S.ClH/c1-21-14-5-3-2-4-12(14)13-9-18-6-7-19(13)16(20)15-8-11(17)10-22-15;/h2-5,8,10,13,18H,6-7,9H2,1H3;1H. The van der Waals surface area contributed by atoms with E-state index >= 15 is 0 Å². The van der Waals surface area contributed by atoms with Crippen molar-refractivity contribution in [2.24, 2.45) is 0 Å². The molecule has 1 amide bonds. The van der Waals surface area contributed by atoms with E-state index < -0.39 is 0 Å². The summed E-state index contributed by atoms with van der Waals surface area (Å²) >= 11 is 4.88. The number of hydrogen-bond acceptors (Lipinski definition) is 4. The monoisotopic (exact) mass is 416 g/mol. The zero-order valence-corrected chi connectivity index (χ0v) is 15.8. The average molecular weight is 418 g/mol. The molecule has 1 atom stereocenters. The molecular weight excluding hydrogens is 400 g/mol. The summed E-state index contributed by atoms with van der Waals surface area (Å²) in [6.07, 6.45) is 0. The number of nitrogens with zero attached hydrogens (tertiary/aromatic N) is 1. The van der Waals surface area contributed by atoms with Crippen LogP contribution in [0.5, 0.6) is 5.75 Å². The van der Waals surface area contributed by atoms with E-state index in [1.165, 1.54) is 11.3 Å². The van der Waals surface area contributed by atoms with E-state index in [1.54, 1.807) is 7.11 Å². The highest BCUT2D eigenvalue weighted by atomic mass is 79.9. The Balaban J connectivity index is 0.00000192. The van der Waals surface area contributed by atoms with Crippen LogP contribution in [0, 0.1) is 0 Å². The van der Waals surface area contributed by atoms with Gasteiger partial charge < -0.3 is 15.0 Å². The van der Waals surface area contributed by atoms with E-state index in [9.17, 15) is 4.79 Å². The highest BCUT2D eigenvalue weighted by Gasteiger charge is 2.30. The van der Waals surface area contributed by atoms with Crippen LogP contribution in [0.4, 0.5) is 0 Å². The number of rotatable bonds is 3. The summed E-state index contributed by atoms with van der Waals surface area (Å²) in [4.78, 5) is 15.5. The summed E-state index contributed by atoms with van der Waals surface area (Å²) in [5.41, 5.74) is 1.04. The largest absolute Gasteiger partial charge is 0.496 e. The lowest BCUT2D eigenvalue weighted by molar-refractivity contribution is 0.0636. The molecule has 1 saturated heterocycles. The molecular formula is C16H18BrClN2O2S. The van der Waals surface area contributed by atoms with E-state index in [0.29, 0.717) is 6.54 Å². The molecule has 124 valence electrons. The van der Waals surface area contributed by atoms with Crippen molar-refractivity contribution in [3.05, 3.63) is 50.6 Å². The summed E-state index contributed by atoms with van der Waals surface area (Å²) in [6, 6.07) is 9.76. The molecule has 2 aromatic rings. The summed E-state index contributed by atoms with van der Waals surface area (Å²) in [5, 5.41) is 5.31. The molecule has 1 aliphatic rings. The third kappa shape index (κ3) is 3.88. The van der Waals surface area contributed by atoms with Crippen molar-refractivity contribution < 1.29 is 9.53 Å². The third-order valence-electron chi connectivity index (χ3n) is 3.78. The number of hydrogen-bond donors (Lipinski definition) is 1. The van der Waals surface area contributed by atoms with Gasteiger partial charge in [-0.15, -0.1) is 23.7 Å². The van der Waals surface area contributed by atoms with Crippen LogP contribution in [0.15, 0.2) is 40.2 Å². The molecule has 23 heavy (non-hydrogen) atoms. The first-order chi connectivity index (χ1) is 10.7. The smallest absolute Gasteiger partial charge is 0.264 e. The predicted octanol–water partition coefficient (Wildman–Crippen LogP) is 3.73. The molecule has 2 heterocycles. The average Bonchev–Trinajstić information content (AvgIpc) is 3.00. The lowest BCUT2D eigenvalue weighted by Gasteiger charge is -2.36. The number of methoxy groups -OCH3 is 1. The molecule has 1 unspecified atom stereocenters. The second-order valence-corrected chi connectivity index (χ2v) is 6.92. The van der Waals surface area contributed by atoms with Gasteiger partial charge in [-0.1, -0.05) is 18.2 Å². The molecule has 0 saturated carbocycles. The first kappa shape index (κ1) is 18.3. The minimum Gasteiger partial charge on any atom is -0.496 e. The summed E-state index contributed by atoms with van der Waals surface area (Å²) in [6.45, 7) is 2.24. The van der Waals surface area contributed by atoms with Crippen LogP contribution in [0.2, 0.25) is 0 Å². The number of thiophene rings is 1. The van der Waals surface area contributed by atoms with E-state index in [2.05, 4.69) is 21.2 Å². The lowest BCUT2D eigenvalue weighted by Crippen LogP contribution is -2.48. The van der Waals surface area contributed by atoms with Gasteiger partial charge in [0, 0.05) is 35.1 Å².